The van der Waals surface area contributed by atoms with Gasteiger partial charge >= 0.3 is 0 Å². The smallest absolute Gasteiger partial charge is 0.143 e. The standard InChI is InChI=1S/C14H20N2O/c1-15-9-5-7-12-10-11-6-4-8-13(17-3)14(11)16(12)2/h4,6,8,10,15H,5,7,9H2,1-3H3. The van der Waals surface area contributed by atoms with E-state index in [1.165, 1.54) is 16.6 Å². The summed E-state index contributed by atoms with van der Waals surface area (Å²) in [4.78, 5) is 0. The van der Waals surface area contributed by atoms with E-state index in [0.717, 1.165) is 25.1 Å². The Morgan fingerprint density at radius 2 is 2.18 bits per heavy atom. The van der Waals surface area contributed by atoms with Crippen LogP contribution in [0.2, 0.25) is 0 Å². The van der Waals surface area contributed by atoms with Crippen LogP contribution < -0.4 is 10.1 Å². The van der Waals surface area contributed by atoms with Crippen molar-refractivity contribution in [2.24, 2.45) is 7.05 Å². The third-order valence-electron chi connectivity index (χ3n) is 3.20. The molecule has 0 atom stereocenters. The first-order chi connectivity index (χ1) is 8.27. The van der Waals surface area contributed by atoms with Crippen LogP contribution in [-0.2, 0) is 13.5 Å². The fourth-order valence-corrected chi connectivity index (χ4v) is 2.29. The van der Waals surface area contributed by atoms with Crippen LogP contribution in [0, 0.1) is 0 Å². The average Bonchev–Trinajstić information content (AvgIpc) is 2.67. The van der Waals surface area contributed by atoms with Gasteiger partial charge in [-0.1, -0.05) is 12.1 Å². The lowest BCUT2D eigenvalue weighted by Crippen LogP contribution is -2.09. The third-order valence-corrected chi connectivity index (χ3v) is 3.20. The molecule has 0 bridgehead atoms. The molecule has 0 unspecified atom stereocenters. The number of ether oxygens (including phenoxy) is 1. The molecule has 3 nitrogen and oxygen atoms in total. The highest BCUT2D eigenvalue weighted by Crippen LogP contribution is 2.28. The van der Waals surface area contributed by atoms with Crippen LogP contribution in [0.25, 0.3) is 10.9 Å². The lowest BCUT2D eigenvalue weighted by Gasteiger charge is -2.07. The topological polar surface area (TPSA) is 26.2 Å². The lowest BCUT2D eigenvalue weighted by atomic mass is 10.2. The fraction of sp³-hybridized carbons (Fsp3) is 0.429. The summed E-state index contributed by atoms with van der Waals surface area (Å²) in [6, 6.07) is 8.45. The van der Waals surface area contributed by atoms with Gasteiger partial charge in [-0.25, -0.2) is 0 Å². The monoisotopic (exact) mass is 232 g/mol. The molecule has 1 aromatic carbocycles. The number of hydrogen-bond acceptors (Lipinski definition) is 2. The number of aromatic nitrogens is 1. The molecule has 0 aliphatic rings. The van der Waals surface area contributed by atoms with E-state index in [2.05, 4.69) is 29.1 Å². The summed E-state index contributed by atoms with van der Waals surface area (Å²) in [7, 11) is 5.83. The minimum absolute atomic E-state index is 0.949. The van der Waals surface area contributed by atoms with Crippen molar-refractivity contribution in [1.29, 1.82) is 0 Å². The van der Waals surface area contributed by atoms with Crippen molar-refractivity contribution in [1.82, 2.24) is 9.88 Å². The molecule has 0 saturated heterocycles. The highest BCUT2D eigenvalue weighted by Gasteiger charge is 2.09. The van der Waals surface area contributed by atoms with Gasteiger partial charge in [0.2, 0.25) is 0 Å². The molecule has 0 radical (unpaired) electrons. The quantitative estimate of drug-likeness (QED) is 0.801. The maximum Gasteiger partial charge on any atom is 0.143 e. The normalized spacial score (nSPS) is 11.0. The van der Waals surface area contributed by atoms with Gasteiger partial charge in [0.05, 0.1) is 12.6 Å². The van der Waals surface area contributed by atoms with Crippen LogP contribution in [0.1, 0.15) is 12.1 Å². The van der Waals surface area contributed by atoms with Gasteiger partial charge in [0.1, 0.15) is 5.75 Å². The van der Waals surface area contributed by atoms with Crippen LogP contribution in [0.3, 0.4) is 0 Å². The summed E-state index contributed by atoms with van der Waals surface area (Å²) in [5.74, 6) is 0.949. The molecule has 0 amide bonds. The molecule has 0 spiro atoms. The molecule has 1 aromatic heterocycles. The van der Waals surface area contributed by atoms with E-state index in [1.807, 2.05) is 19.2 Å². The van der Waals surface area contributed by atoms with E-state index in [1.54, 1.807) is 7.11 Å². The van der Waals surface area contributed by atoms with E-state index in [-0.39, 0.29) is 0 Å². The minimum atomic E-state index is 0.949. The van der Waals surface area contributed by atoms with Crippen molar-refractivity contribution in [2.45, 2.75) is 12.8 Å². The number of nitrogens with one attached hydrogen (secondary N) is 1. The summed E-state index contributed by atoms with van der Waals surface area (Å²) < 4.78 is 7.65. The van der Waals surface area contributed by atoms with Crippen molar-refractivity contribution in [3.8, 4) is 5.75 Å². The minimum Gasteiger partial charge on any atom is -0.495 e. The summed E-state index contributed by atoms with van der Waals surface area (Å²) in [5, 5.41) is 4.44. The van der Waals surface area contributed by atoms with Gasteiger partial charge in [-0.05, 0) is 38.6 Å². The van der Waals surface area contributed by atoms with Crippen molar-refractivity contribution in [2.75, 3.05) is 20.7 Å². The molecule has 0 saturated carbocycles. The molecule has 3 heteroatoms. The SMILES string of the molecule is CNCCCc1cc2cccc(OC)c2n1C. The van der Waals surface area contributed by atoms with Crippen molar-refractivity contribution in [3.63, 3.8) is 0 Å². The Morgan fingerprint density at radius 3 is 2.88 bits per heavy atom. The predicted molar refractivity (Wildman–Crippen MR) is 71.7 cm³/mol. The van der Waals surface area contributed by atoms with Crippen LogP contribution in [0.4, 0.5) is 0 Å². The summed E-state index contributed by atoms with van der Waals surface area (Å²) in [6.45, 7) is 1.05. The van der Waals surface area contributed by atoms with Gasteiger partial charge in [-0.15, -0.1) is 0 Å². The molecule has 17 heavy (non-hydrogen) atoms. The zero-order valence-electron chi connectivity index (χ0n) is 10.8. The second-order valence-corrected chi connectivity index (χ2v) is 4.30. The second-order valence-electron chi connectivity index (χ2n) is 4.30. The van der Waals surface area contributed by atoms with Crippen LogP contribution in [0.15, 0.2) is 24.3 Å². The van der Waals surface area contributed by atoms with Gasteiger partial charge in [0.25, 0.3) is 0 Å². The zero-order valence-corrected chi connectivity index (χ0v) is 10.8. The fourth-order valence-electron chi connectivity index (χ4n) is 2.29. The molecule has 1 heterocycles. The lowest BCUT2D eigenvalue weighted by molar-refractivity contribution is 0.417. The van der Waals surface area contributed by atoms with Gasteiger partial charge in [-0.2, -0.15) is 0 Å². The molecular formula is C14H20N2O. The van der Waals surface area contributed by atoms with Crippen molar-refractivity contribution >= 4 is 10.9 Å². The number of nitrogens with zero attached hydrogens (tertiary/aromatic N) is 1. The number of benzene rings is 1. The number of fused-ring (bicyclic) bond motifs is 1. The Hall–Kier alpha value is -1.48. The first-order valence-corrected chi connectivity index (χ1v) is 6.04. The zero-order chi connectivity index (χ0) is 12.3. The number of hydrogen-bond donors (Lipinski definition) is 1. The van der Waals surface area contributed by atoms with Crippen molar-refractivity contribution < 1.29 is 4.74 Å². The number of para-hydroxylation sites is 1. The summed E-state index contributed by atoms with van der Waals surface area (Å²) >= 11 is 0. The highest BCUT2D eigenvalue weighted by atomic mass is 16.5. The Kier molecular flexibility index (Phi) is 3.69. The van der Waals surface area contributed by atoms with Gasteiger partial charge in [0.15, 0.2) is 0 Å². The first kappa shape index (κ1) is 12.0. The number of methoxy groups -OCH3 is 1. The molecule has 1 N–H and O–H groups in total. The Bertz CT molecular complexity index is 502. The molecule has 2 aromatic rings. The largest absolute Gasteiger partial charge is 0.495 e. The Labute approximate surface area is 102 Å². The van der Waals surface area contributed by atoms with Crippen LogP contribution >= 0.6 is 0 Å². The number of aryl methyl sites for hydroxylation is 2. The maximum atomic E-state index is 5.41. The molecule has 0 aliphatic carbocycles. The summed E-state index contributed by atoms with van der Waals surface area (Å²) in [6.07, 6.45) is 2.25. The molecule has 92 valence electrons. The molecular weight excluding hydrogens is 212 g/mol. The predicted octanol–water partition coefficient (Wildman–Crippen LogP) is 2.34. The average molecular weight is 232 g/mol. The van der Waals surface area contributed by atoms with Gasteiger partial charge in [0, 0.05) is 18.1 Å². The first-order valence-electron chi connectivity index (χ1n) is 6.04. The van der Waals surface area contributed by atoms with Gasteiger partial charge < -0.3 is 14.6 Å². The van der Waals surface area contributed by atoms with E-state index >= 15 is 0 Å². The van der Waals surface area contributed by atoms with Gasteiger partial charge in [-0.3, -0.25) is 0 Å². The Balaban J connectivity index is 2.35. The van der Waals surface area contributed by atoms with E-state index < -0.39 is 0 Å². The van der Waals surface area contributed by atoms with Crippen LogP contribution in [-0.4, -0.2) is 25.3 Å². The second kappa shape index (κ2) is 5.23. The molecule has 0 fully saturated rings. The Morgan fingerprint density at radius 1 is 1.35 bits per heavy atom. The molecule has 2 rings (SSSR count). The van der Waals surface area contributed by atoms with E-state index in [4.69, 9.17) is 4.74 Å². The third kappa shape index (κ3) is 2.29. The molecule has 0 aliphatic heterocycles. The maximum absolute atomic E-state index is 5.41. The highest BCUT2D eigenvalue weighted by molar-refractivity contribution is 5.86. The van der Waals surface area contributed by atoms with Crippen LogP contribution in [0.5, 0.6) is 5.75 Å². The van der Waals surface area contributed by atoms with E-state index in [0.29, 0.717) is 0 Å². The van der Waals surface area contributed by atoms with E-state index in [9.17, 15) is 0 Å². The number of rotatable bonds is 5. The van der Waals surface area contributed by atoms with Crippen molar-refractivity contribution in [3.05, 3.63) is 30.0 Å². The summed E-state index contributed by atoms with van der Waals surface area (Å²) in [5.41, 5.74) is 2.55.